The normalized spacial score (nSPS) is 14.7. The maximum atomic E-state index is 14.1. The Bertz CT molecular complexity index is 1490. The number of hydrogen-bond acceptors (Lipinski definition) is 5. The summed E-state index contributed by atoms with van der Waals surface area (Å²) >= 11 is 9.14. The average molecular weight is 521 g/mol. The lowest BCUT2D eigenvalue weighted by molar-refractivity contribution is 0.0909. The summed E-state index contributed by atoms with van der Waals surface area (Å²) < 4.78 is 1.77. The first kappa shape index (κ1) is 24.0. The Morgan fingerprint density at radius 3 is 2.54 bits per heavy atom. The Balaban J connectivity index is 1.74. The second kappa shape index (κ2) is 9.41. The predicted octanol–water partition coefficient (Wildman–Crippen LogP) is 7.55. The minimum absolute atomic E-state index is 0.0707. The lowest BCUT2D eigenvalue weighted by atomic mass is 9.75. The molecule has 0 atom stereocenters. The summed E-state index contributed by atoms with van der Waals surface area (Å²) in [7, 11) is 0. The second-order valence-electron chi connectivity index (χ2n) is 9.45. The van der Waals surface area contributed by atoms with Gasteiger partial charge in [-0.15, -0.1) is 23.1 Å². The Morgan fingerprint density at radius 2 is 1.80 bits per heavy atom. The molecule has 0 saturated heterocycles. The van der Waals surface area contributed by atoms with Crippen LogP contribution in [0.15, 0.2) is 69.7 Å². The topological polar surface area (TPSA) is 52.0 Å². The number of fused-ring (bicyclic) bond motifs is 1. The number of nitrogens with zero attached hydrogens (tertiary/aromatic N) is 2. The fraction of sp³-hybridized carbons (Fsp3) is 0.250. The highest BCUT2D eigenvalue weighted by atomic mass is 35.5. The van der Waals surface area contributed by atoms with Gasteiger partial charge < -0.3 is 0 Å². The summed E-state index contributed by atoms with van der Waals surface area (Å²) in [4.78, 5) is 33.2. The highest BCUT2D eigenvalue weighted by Gasteiger charge is 2.35. The number of rotatable bonds is 5. The number of aromatic nitrogens is 2. The molecule has 2 aromatic carbocycles. The van der Waals surface area contributed by atoms with Gasteiger partial charge in [0.05, 0.1) is 16.9 Å². The Labute approximate surface area is 218 Å². The van der Waals surface area contributed by atoms with Crippen molar-refractivity contribution >= 4 is 40.5 Å². The molecular weight excluding hydrogens is 496 g/mol. The number of carbonyl (C=O) groups is 1. The quantitative estimate of drug-likeness (QED) is 0.255. The molecule has 0 N–H and O–H groups in total. The van der Waals surface area contributed by atoms with E-state index in [4.69, 9.17) is 16.6 Å². The number of carbonyl (C=O) groups excluding carboxylic acids is 1. The number of thiazole rings is 1. The molecule has 7 heteroatoms. The van der Waals surface area contributed by atoms with Crippen molar-refractivity contribution < 1.29 is 4.79 Å². The van der Waals surface area contributed by atoms with Crippen molar-refractivity contribution in [1.82, 2.24) is 9.55 Å². The zero-order valence-electron chi connectivity index (χ0n) is 19.8. The molecule has 4 nitrogen and oxygen atoms in total. The van der Waals surface area contributed by atoms with Gasteiger partial charge in [-0.1, -0.05) is 56.6 Å². The molecule has 0 unspecified atom stereocenters. The summed E-state index contributed by atoms with van der Waals surface area (Å²) in [5, 5.41) is 3.20. The molecule has 2 heterocycles. The van der Waals surface area contributed by atoms with Crippen molar-refractivity contribution in [1.29, 1.82) is 0 Å². The van der Waals surface area contributed by atoms with E-state index < -0.39 is 0 Å². The molecule has 1 aliphatic carbocycles. The Hall–Kier alpha value is -2.67. The number of Topliss-reactive ketones (excluding diaryl/α,β-unsaturated/α-hetero) is 1. The number of pyridine rings is 1. The van der Waals surface area contributed by atoms with Crippen LogP contribution in [-0.2, 0) is 6.42 Å². The van der Waals surface area contributed by atoms with Crippen molar-refractivity contribution in [2.45, 2.75) is 38.5 Å². The third-order valence-electron chi connectivity index (χ3n) is 6.17. The molecule has 0 aliphatic heterocycles. The van der Waals surface area contributed by atoms with Gasteiger partial charge in [-0.2, -0.15) is 0 Å². The number of ketones is 1. The molecule has 0 bridgehead atoms. The zero-order chi connectivity index (χ0) is 24.7. The zero-order valence-corrected chi connectivity index (χ0v) is 22.2. The third-order valence-corrected chi connectivity index (χ3v) is 8.24. The monoisotopic (exact) mass is 520 g/mol. The summed E-state index contributed by atoms with van der Waals surface area (Å²) in [5.74, 6) is 0.955. The summed E-state index contributed by atoms with van der Waals surface area (Å²) in [5.41, 5.74) is 4.04. The van der Waals surface area contributed by atoms with Crippen LogP contribution >= 0.6 is 34.7 Å². The molecule has 4 aromatic rings. The van der Waals surface area contributed by atoms with E-state index in [-0.39, 0.29) is 16.8 Å². The van der Waals surface area contributed by atoms with E-state index in [1.807, 2.05) is 53.9 Å². The minimum Gasteiger partial charge on any atom is -0.294 e. The van der Waals surface area contributed by atoms with Gasteiger partial charge in [0.15, 0.2) is 5.78 Å². The van der Waals surface area contributed by atoms with Gasteiger partial charge in [0, 0.05) is 38.5 Å². The first-order chi connectivity index (χ1) is 16.8. The van der Waals surface area contributed by atoms with E-state index in [9.17, 15) is 9.59 Å². The predicted molar refractivity (Wildman–Crippen MR) is 146 cm³/mol. The average Bonchev–Trinajstić information content (AvgIpc) is 3.29. The van der Waals surface area contributed by atoms with Gasteiger partial charge >= 0.3 is 0 Å². The van der Waals surface area contributed by atoms with Crippen LogP contribution in [0.1, 0.15) is 43.2 Å². The summed E-state index contributed by atoms with van der Waals surface area (Å²) in [6.07, 6.45) is 1.11. The molecule has 0 radical (unpaired) electrons. The van der Waals surface area contributed by atoms with Gasteiger partial charge in [0.25, 0.3) is 5.56 Å². The number of thioether (sulfide) groups is 1. The van der Waals surface area contributed by atoms with E-state index in [1.165, 1.54) is 11.3 Å². The van der Waals surface area contributed by atoms with Crippen molar-refractivity contribution in [2.24, 2.45) is 5.41 Å². The van der Waals surface area contributed by atoms with Crippen molar-refractivity contribution in [3.63, 3.8) is 0 Å². The van der Waals surface area contributed by atoms with Crippen molar-refractivity contribution in [3.8, 4) is 27.5 Å². The standard InChI is InChI=1S/C28H25ClN2O2S2/c1-4-34-25-8-6-5-7-22(25)31-23-14-28(2,3)15-24(32)19(23)13-20(27(31)33)26-30-21(16-35-26)17-9-11-18(29)12-10-17/h5-13,16H,4,14-15H2,1-3H3. The first-order valence-corrected chi connectivity index (χ1v) is 13.8. The van der Waals surface area contributed by atoms with Crippen molar-refractivity contribution in [3.05, 3.63) is 86.6 Å². The third kappa shape index (κ3) is 4.63. The molecule has 0 spiro atoms. The van der Waals surface area contributed by atoms with Crippen LogP contribution in [0.3, 0.4) is 0 Å². The lowest BCUT2D eigenvalue weighted by Crippen LogP contribution is -2.35. The molecule has 0 amide bonds. The van der Waals surface area contributed by atoms with Gasteiger partial charge in [-0.25, -0.2) is 4.98 Å². The summed E-state index contributed by atoms with van der Waals surface area (Å²) in [6.45, 7) is 6.27. The minimum atomic E-state index is -0.213. The van der Waals surface area contributed by atoms with Gasteiger partial charge in [-0.3, -0.25) is 14.2 Å². The van der Waals surface area contributed by atoms with Gasteiger partial charge in [0.2, 0.25) is 0 Å². The number of halogens is 1. The molecule has 5 rings (SSSR count). The first-order valence-electron chi connectivity index (χ1n) is 11.5. The number of hydrogen-bond donors (Lipinski definition) is 0. The van der Waals surface area contributed by atoms with E-state index in [0.29, 0.717) is 34.0 Å². The largest absolute Gasteiger partial charge is 0.294 e. The second-order valence-corrected chi connectivity index (χ2v) is 12.0. The van der Waals surface area contributed by atoms with Crippen LogP contribution in [0.2, 0.25) is 5.02 Å². The Kier molecular flexibility index (Phi) is 6.47. The van der Waals surface area contributed by atoms with Crippen LogP contribution in [-0.4, -0.2) is 21.1 Å². The van der Waals surface area contributed by atoms with Crippen LogP contribution in [0.25, 0.3) is 27.5 Å². The van der Waals surface area contributed by atoms with E-state index in [0.717, 1.165) is 33.3 Å². The van der Waals surface area contributed by atoms with Crippen LogP contribution in [0.5, 0.6) is 0 Å². The number of benzene rings is 2. The SMILES string of the molecule is CCSc1ccccc1-n1c2c(cc(-c3nc(-c4ccc(Cl)cc4)cs3)c1=O)C(=O)CC(C)(C)C2. The van der Waals surface area contributed by atoms with Crippen LogP contribution < -0.4 is 5.56 Å². The Morgan fingerprint density at radius 1 is 1.06 bits per heavy atom. The number of para-hydroxylation sites is 1. The maximum absolute atomic E-state index is 14.1. The maximum Gasteiger partial charge on any atom is 0.265 e. The van der Waals surface area contributed by atoms with Crippen LogP contribution in [0.4, 0.5) is 0 Å². The van der Waals surface area contributed by atoms with Crippen LogP contribution in [0, 0.1) is 5.41 Å². The smallest absolute Gasteiger partial charge is 0.265 e. The fourth-order valence-electron chi connectivity index (χ4n) is 4.59. The summed E-state index contributed by atoms with van der Waals surface area (Å²) in [6, 6.07) is 17.2. The highest BCUT2D eigenvalue weighted by Crippen LogP contribution is 2.38. The molecule has 0 fully saturated rings. The molecular formula is C28H25ClN2O2S2. The molecule has 1 aliphatic rings. The van der Waals surface area contributed by atoms with Gasteiger partial charge in [0.1, 0.15) is 5.01 Å². The van der Waals surface area contributed by atoms with E-state index >= 15 is 0 Å². The fourth-order valence-corrected chi connectivity index (χ4v) is 6.35. The molecule has 178 valence electrons. The highest BCUT2D eigenvalue weighted by molar-refractivity contribution is 7.99. The van der Waals surface area contributed by atoms with E-state index in [2.05, 4.69) is 20.8 Å². The van der Waals surface area contributed by atoms with Gasteiger partial charge in [-0.05, 0) is 47.9 Å². The molecule has 35 heavy (non-hydrogen) atoms. The van der Waals surface area contributed by atoms with Crippen molar-refractivity contribution in [2.75, 3.05) is 5.75 Å². The van der Waals surface area contributed by atoms with E-state index in [1.54, 1.807) is 22.4 Å². The molecule has 0 saturated carbocycles. The molecule has 2 aromatic heterocycles. The lowest BCUT2D eigenvalue weighted by Gasteiger charge is -2.32.